The molecule has 0 unspecified atom stereocenters. The summed E-state index contributed by atoms with van der Waals surface area (Å²) < 4.78 is 1.09. The average molecular weight is 281 g/mol. The lowest BCUT2D eigenvalue weighted by molar-refractivity contribution is 1.25. The van der Waals surface area contributed by atoms with Gasteiger partial charge in [0.2, 0.25) is 0 Å². The lowest BCUT2D eigenvalue weighted by atomic mass is 10.1. The summed E-state index contributed by atoms with van der Waals surface area (Å²) in [7, 11) is 0. The molecule has 4 heteroatoms. The Hall–Kier alpha value is -2.20. The molecule has 1 aliphatic heterocycles. The second-order valence-electron chi connectivity index (χ2n) is 4.81. The van der Waals surface area contributed by atoms with E-state index in [0.717, 1.165) is 43.0 Å². The maximum Gasteiger partial charge on any atom is 0.0814 e. The molecule has 3 rings (SSSR count). The van der Waals surface area contributed by atoms with Crippen LogP contribution >= 0.6 is 11.3 Å². The highest BCUT2D eigenvalue weighted by Crippen LogP contribution is 2.32. The van der Waals surface area contributed by atoms with Crippen molar-refractivity contribution in [1.82, 2.24) is 4.98 Å². The summed E-state index contributed by atoms with van der Waals surface area (Å²) in [6.45, 7) is 7.69. The molecule has 0 fully saturated rings. The van der Waals surface area contributed by atoms with E-state index in [4.69, 9.17) is 10.7 Å². The fraction of sp³-hybridized carbons (Fsp3) is 0.125. The number of anilines is 1. The third-order valence-corrected chi connectivity index (χ3v) is 4.41. The van der Waals surface area contributed by atoms with E-state index in [-0.39, 0.29) is 0 Å². The van der Waals surface area contributed by atoms with Gasteiger partial charge in [0, 0.05) is 11.9 Å². The minimum absolute atomic E-state index is 0.804. The Morgan fingerprint density at radius 2 is 2.00 bits per heavy atom. The van der Waals surface area contributed by atoms with Gasteiger partial charge in [0.15, 0.2) is 0 Å². The molecule has 100 valence electrons. The largest absolute Gasteiger partial charge is 0.398 e. The van der Waals surface area contributed by atoms with Crippen molar-refractivity contribution in [3.8, 4) is 10.6 Å². The first-order valence-corrected chi connectivity index (χ1v) is 7.16. The highest BCUT2D eigenvalue weighted by atomic mass is 32.1. The van der Waals surface area contributed by atoms with Gasteiger partial charge in [0.1, 0.15) is 0 Å². The highest BCUT2D eigenvalue weighted by Gasteiger charge is 2.09. The first-order chi connectivity index (χ1) is 9.58. The summed E-state index contributed by atoms with van der Waals surface area (Å²) in [5.74, 6) is 0. The average Bonchev–Trinajstić information content (AvgIpc) is 2.40. The van der Waals surface area contributed by atoms with E-state index < -0.39 is 0 Å². The van der Waals surface area contributed by atoms with E-state index in [9.17, 15) is 0 Å². The van der Waals surface area contributed by atoms with Crippen LogP contribution in [0.15, 0.2) is 42.0 Å². The number of aromatic nitrogens is 1. The van der Waals surface area contributed by atoms with Crippen LogP contribution in [0.5, 0.6) is 0 Å². The Labute approximate surface area is 121 Å². The summed E-state index contributed by atoms with van der Waals surface area (Å²) in [5, 5.41) is 0.935. The summed E-state index contributed by atoms with van der Waals surface area (Å²) in [6, 6.07) is 8.16. The molecule has 1 aliphatic carbocycles. The van der Waals surface area contributed by atoms with E-state index in [0.29, 0.717) is 0 Å². The molecule has 1 aromatic rings. The number of hydrogen-bond acceptors (Lipinski definition) is 4. The van der Waals surface area contributed by atoms with Gasteiger partial charge < -0.3 is 5.73 Å². The van der Waals surface area contributed by atoms with Crippen molar-refractivity contribution in [1.29, 1.82) is 0 Å². The van der Waals surface area contributed by atoms with Gasteiger partial charge in [-0.25, -0.2) is 4.98 Å². The smallest absolute Gasteiger partial charge is 0.0814 e. The molecule has 20 heavy (non-hydrogen) atoms. The lowest BCUT2D eigenvalue weighted by Gasteiger charge is -2.09. The molecule has 2 N–H and O–H groups in total. The van der Waals surface area contributed by atoms with Gasteiger partial charge >= 0.3 is 0 Å². The molecule has 0 spiro atoms. The van der Waals surface area contributed by atoms with Crippen molar-refractivity contribution in [2.45, 2.75) is 13.8 Å². The van der Waals surface area contributed by atoms with Crippen LogP contribution in [0.2, 0.25) is 0 Å². The quantitative estimate of drug-likeness (QED) is 0.547. The predicted octanol–water partition coefficient (Wildman–Crippen LogP) is 3.64. The maximum absolute atomic E-state index is 5.98. The molecule has 1 aromatic carbocycles. The number of nitrogens with zero attached hydrogens (tertiary/aromatic N) is 2. The Bertz CT molecular complexity index is 862. The second kappa shape index (κ2) is 4.72. The maximum atomic E-state index is 5.98. The number of nitrogen functional groups attached to an aromatic ring is 1. The number of aryl methyl sites for hydroxylation is 2. The van der Waals surface area contributed by atoms with Gasteiger partial charge in [-0.3, -0.25) is 4.99 Å². The number of fused-ring (bicyclic) bond motifs is 2. The van der Waals surface area contributed by atoms with E-state index >= 15 is 0 Å². The fourth-order valence-electron chi connectivity index (χ4n) is 2.17. The van der Waals surface area contributed by atoms with Crippen LogP contribution in [-0.4, -0.2) is 4.98 Å². The number of hydrogen-bond donors (Lipinski definition) is 1. The third-order valence-electron chi connectivity index (χ3n) is 3.32. The first-order valence-electron chi connectivity index (χ1n) is 6.34. The molecule has 0 amide bonds. The van der Waals surface area contributed by atoms with Gasteiger partial charge in [-0.2, -0.15) is 0 Å². The molecule has 3 nitrogen and oxygen atoms in total. The van der Waals surface area contributed by atoms with E-state index in [1.54, 1.807) is 17.5 Å². The minimum atomic E-state index is 0.804. The van der Waals surface area contributed by atoms with Crippen molar-refractivity contribution < 1.29 is 0 Å². The molecule has 0 saturated heterocycles. The second-order valence-corrected chi connectivity index (χ2v) is 5.89. The molecule has 0 radical (unpaired) electrons. The van der Waals surface area contributed by atoms with Gasteiger partial charge in [-0.1, -0.05) is 6.58 Å². The summed E-state index contributed by atoms with van der Waals surface area (Å²) in [6.07, 6.45) is 1.56. The predicted molar refractivity (Wildman–Crippen MR) is 85.9 cm³/mol. The zero-order chi connectivity index (χ0) is 14.3. The van der Waals surface area contributed by atoms with Gasteiger partial charge in [-0.15, -0.1) is 11.3 Å². The topological polar surface area (TPSA) is 51.3 Å². The van der Waals surface area contributed by atoms with E-state index in [2.05, 4.69) is 23.7 Å². The normalized spacial score (nSPS) is 12.2. The summed E-state index contributed by atoms with van der Waals surface area (Å²) in [5.41, 5.74) is 10.9. The van der Waals surface area contributed by atoms with Gasteiger partial charge in [-0.05, 0) is 49.2 Å². The van der Waals surface area contributed by atoms with Crippen LogP contribution in [0.3, 0.4) is 0 Å². The zero-order valence-electron chi connectivity index (χ0n) is 11.5. The van der Waals surface area contributed by atoms with E-state index in [1.165, 1.54) is 0 Å². The van der Waals surface area contributed by atoms with Crippen molar-refractivity contribution in [2.75, 3.05) is 5.73 Å². The molecule has 0 bridgehead atoms. The third kappa shape index (κ3) is 2.08. The molecular weight excluding hydrogens is 266 g/mol. The van der Waals surface area contributed by atoms with Crippen molar-refractivity contribution in [3.63, 3.8) is 0 Å². The number of nitrogens with two attached hydrogens (primary N) is 1. The number of rotatable bonds is 1. The minimum Gasteiger partial charge on any atom is -0.398 e. The Morgan fingerprint density at radius 1 is 1.20 bits per heavy atom. The number of benzene rings is 2. The van der Waals surface area contributed by atoms with Gasteiger partial charge in [0.05, 0.1) is 26.1 Å². The lowest BCUT2D eigenvalue weighted by Crippen LogP contribution is -2.06. The van der Waals surface area contributed by atoms with Crippen LogP contribution in [0.25, 0.3) is 20.8 Å². The van der Waals surface area contributed by atoms with Crippen molar-refractivity contribution in [2.24, 2.45) is 4.99 Å². The zero-order valence-corrected chi connectivity index (χ0v) is 12.3. The molecule has 0 aromatic heterocycles. The standard InChI is InChI=1S/C16H15N3S/c1-4-18-12-8-16-14(6-10(12)3)19-13-5-9(2)11(17)7-15(13)20-16/h4-8H,1,17H2,2-3H3. The molecule has 2 aliphatic rings. The Balaban J connectivity index is 2.40. The van der Waals surface area contributed by atoms with Crippen LogP contribution in [0.1, 0.15) is 11.1 Å². The monoisotopic (exact) mass is 281 g/mol. The Kier molecular flexibility index (Phi) is 3.03. The van der Waals surface area contributed by atoms with Crippen LogP contribution in [-0.2, 0) is 0 Å². The van der Waals surface area contributed by atoms with Crippen LogP contribution in [0.4, 0.5) is 5.69 Å². The summed E-state index contributed by atoms with van der Waals surface area (Å²) in [4.78, 5) is 10.1. The van der Waals surface area contributed by atoms with Crippen molar-refractivity contribution >= 4 is 27.2 Å². The molecule has 0 saturated carbocycles. The van der Waals surface area contributed by atoms with Crippen LogP contribution in [0, 0.1) is 13.8 Å². The van der Waals surface area contributed by atoms with Gasteiger partial charge in [0.25, 0.3) is 0 Å². The SMILES string of the molecule is C=CN=c1cc2sc3cc(N)c(C)cc3nc-2cc1C. The van der Waals surface area contributed by atoms with Crippen molar-refractivity contribution in [3.05, 3.63) is 53.5 Å². The molecule has 1 heterocycles. The Morgan fingerprint density at radius 3 is 2.75 bits per heavy atom. The first kappa shape index (κ1) is 12.8. The molecule has 0 atom stereocenters. The van der Waals surface area contributed by atoms with E-state index in [1.807, 2.05) is 26.0 Å². The highest BCUT2D eigenvalue weighted by molar-refractivity contribution is 7.21. The van der Waals surface area contributed by atoms with Crippen LogP contribution < -0.4 is 11.1 Å². The molecular formula is C16H15N3S. The summed E-state index contributed by atoms with van der Waals surface area (Å²) >= 11 is 1.69. The fourth-order valence-corrected chi connectivity index (χ4v) is 3.19.